The summed E-state index contributed by atoms with van der Waals surface area (Å²) in [6.45, 7) is 3.22. The van der Waals surface area contributed by atoms with E-state index in [0.29, 0.717) is 11.0 Å². The Bertz CT molecular complexity index is 471. The molecule has 1 aromatic rings. The van der Waals surface area contributed by atoms with Gasteiger partial charge in [-0.15, -0.1) is 0 Å². The zero-order valence-corrected chi connectivity index (χ0v) is 12.7. The highest BCUT2D eigenvalue weighted by molar-refractivity contribution is 7.80. The van der Waals surface area contributed by atoms with Gasteiger partial charge < -0.3 is 10.5 Å². The number of rotatable bonds is 6. The molecule has 0 bridgehead atoms. The Morgan fingerprint density at radius 2 is 2.21 bits per heavy atom. The first-order valence-corrected chi connectivity index (χ1v) is 7.10. The summed E-state index contributed by atoms with van der Waals surface area (Å²) in [5.74, 6) is 1.62. The van der Waals surface area contributed by atoms with Crippen molar-refractivity contribution >= 4 is 17.2 Å². The number of benzene rings is 1. The maximum Gasteiger partial charge on any atom is 0.129 e. The molecule has 19 heavy (non-hydrogen) atoms. The molecule has 1 aliphatic rings. The Labute approximate surface area is 120 Å². The third-order valence-corrected chi connectivity index (χ3v) is 4.18. The van der Waals surface area contributed by atoms with E-state index in [1.165, 1.54) is 18.4 Å². The molecule has 4 heteroatoms. The number of thiocarbonyl (C=S) groups is 1. The average molecular weight is 278 g/mol. The van der Waals surface area contributed by atoms with Gasteiger partial charge in [0.1, 0.15) is 10.7 Å². The van der Waals surface area contributed by atoms with Gasteiger partial charge >= 0.3 is 0 Å². The fourth-order valence-electron chi connectivity index (χ4n) is 2.42. The van der Waals surface area contributed by atoms with Crippen LogP contribution in [0.5, 0.6) is 5.75 Å². The van der Waals surface area contributed by atoms with Crippen molar-refractivity contribution < 1.29 is 4.74 Å². The van der Waals surface area contributed by atoms with E-state index in [0.717, 1.165) is 23.8 Å². The number of hydrogen-bond donors (Lipinski definition) is 1. The molecule has 104 valence electrons. The van der Waals surface area contributed by atoms with Crippen LogP contribution in [-0.2, 0) is 6.54 Å². The lowest BCUT2D eigenvalue weighted by molar-refractivity contribution is 0.226. The van der Waals surface area contributed by atoms with Crippen molar-refractivity contribution in [1.29, 1.82) is 0 Å². The molecule has 1 saturated carbocycles. The molecule has 1 fully saturated rings. The average Bonchev–Trinajstić information content (AvgIpc) is 3.21. The molecule has 1 atom stereocenters. The van der Waals surface area contributed by atoms with Crippen LogP contribution in [0.3, 0.4) is 0 Å². The molecule has 0 aliphatic heterocycles. The molecule has 2 N–H and O–H groups in total. The van der Waals surface area contributed by atoms with Crippen molar-refractivity contribution in [1.82, 2.24) is 4.90 Å². The predicted molar refractivity (Wildman–Crippen MR) is 82.5 cm³/mol. The number of nitrogens with two attached hydrogens (primary N) is 1. The molecular formula is C15H22N2OS. The Hall–Kier alpha value is -1.13. The van der Waals surface area contributed by atoms with Gasteiger partial charge in [0.15, 0.2) is 0 Å². The summed E-state index contributed by atoms with van der Waals surface area (Å²) in [6, 6.07) is 6.70. The lowest BCUT2D eigenvalue weighted by Crippen LogP contribution is -2.30. The predicted octanol–water partition coefficient (Wildman–Crippen LogP) is 2.56. The van der Waals surface area contributed by atoms with Crippen molar-refractivity contribution in [2.75, 3.05) is 14.2 Å². The minimum absolute atomic E-state index is 0.386. The SMILES string of the molecule is COc1ccc(CN(C)C(C)C2CC2)cc1C(N)=S. The van der Waals surface area contributed by atoms with E-state index in [2.05, 4.69) is 24.9 Å². The summed E-state index contributed by atoms with van der Waals surface area (Å²) < 4.78 is 5.28. The summed E-state index contributed by atoms with van der Waals surface area (Å²) in [5.41, 5.74) is 7.79. The first kappa shape index (κ1) is 14.3. The quantitative estimate of drug-likeness (QED) is 0.812. The van der Waals surface area contributed by atoms with Crippen LogP contribution < -0.4 is 10.5 Å². The van der Waals surface area contributed by atoms with E-state index in [1.54, 1.807) is 7.11 Å². The summed E-state index contributed by atoms with van der Waals surface area (Å²) in [5, 5.41) is 0. The van der Waals surface area contributed by atoms with Crippen LogP contribution in [0.15, 0.2) is 18.2 Å². The van der Waals surface area contributed by atoms with E-state index >= 15 is 0 Å². The Kier molecular flexibility index (Phi) is 4.42. The van der Waals surface area contributed by atoms with Crippen LogP contribution in [0.2, 0.25) is 0 Å². The monoisotopic (exact) mass is 278 g/mol. The van der Waals surface area contributed by atoms with Crippen LogP contribution in [-0.4, -0.2) is 30.1 Å². The van der Waals surface area contributed by atoms with Crippen molar-refractivity contribution in [3.63, 3.8) is 0 Å². The second-order valence-electron chi connectivity index (χ2n) is 5.39. The van der Waals surface area contributed by atoms with Gasteiger partial charge in [-0.3, -0.25) is 4.90 Å². The van der Waals surface area contributed by atoms with Gasteiger partial charge in [0.05, 0.1) is 12.7 Å². The Morgan fingerprint density at radius 3 is 2.74 bits per heavy atom. The standard InChI is InChI=1S/C15H22N2OS/c1-10(12-5-6-12)17(2)9-11-4-7-14(18-3)13(8-11)15(16)19/h4,7-8,10,12H,5-6,9H2,1-3H3,(H2,16,19). The largest absolute Gasteiger partial charge is 0.496 e. The third-order valence-electron chi connectivity index (χ3n) is 3.96. The summed E-state index contributed by atoms with van der Waals surface area (Å²) in [4.78, 5) is 2.78. The number of nitrogens with zero attached hydrogens (tertiary/aromatic N) is 1. The van der Waals surface area contributed by atoms with Crippen molar-refractivity contribution in [3.05, 3.63) is 29.3 Å². The topological polar surface area (TPSA) is 38.5 Å². The Balaban J connectivity index is 2.11. The molecule has 0 radical (unpaired) electrons. The number of ether oxygens (including phenoxy) is 1. The second-order valence-corrected chi connectivity index (χ2v) is 5.83. The van der Waals surface area contributed by atoms with Crippen LogP contribution in [0, 0.1) is 5.92 Å². The lowest BCUT2D eigenvalue weighted by atomic mass is 10.1. The number of hydrogen-bond acceptors (Lipinski definition) is 3. The molecule has 0 heterocycles. The van der Waals surface area contributed by atoms with Crippen molar-refractivity contribution in [2.24, 2.45) is 11.7 Å². The zero-order chi connectivity index (χ0) is 14.0. The minimum Gasteiger partial charge on any atom is -0.496 e. The van der Waals surface area contributed by atoms with Crippen LogP contribution in [0.1, 0.15) is 30.9 Å². The lowest BCUT2D eigenvalue weighted by Gasteiger charge is -2.25. The molecule has 0 amide bonds. The molecule has 2 rings (SSSR count). The van der Waals surface area contributed by atoms with E-state index in [1.807, 2.05) is 12.1 Å². The molecule has 3 nitrogen and oxygen atoms in total. The van der Waals surface area contributed by atoms with Gasteiger partial charge in [-0.2, -0.15) is 0 Å². The van der Waals surface area contributed by atoms with Crippen molar-refractivity contribution in [2.45, 2.75) is 32.4 Å². The van der Waals surface area contributed by atoms with E-state index < -0.39 is 0 Å². The summed E-state index contributed by atoms with van der Waals surface area (Å²) in [6.07, 6.45) is 2.73. The maximum atomic E-state index is 5.75. The highest BCUT2D eigenvalue weighted by Crippen LogP contribution is 2.35. The fourth-order valence-corrected chi connectivity index (χ4v) is 2.58. The maximum absolute atomic E-state index is 5.75. The minimum atomic E-state index is 0.386. The molecule has 0 spiro atoms. The molecular weight excluding hydrogens is 256 g/mol. The highest BCUT2D eigenvalue weighted by Gasteiger charge is 2.30. The Morgan fingerprint density at radius 1 is 1.53 bits per heavy atom. The van der Waals surface area contributed by atoms with E-state index in [4.69, 9.17) is 22.7 Å². The zero-order valence-electron chi connectivity index (χ0n) is 11.8. The molecule has 1 aliphatic carbocycles. The summed E-state index contributed by atoms with van der Waals surface area (Å²) in [7, 11) is 3.81. The van der Waals surface area contributed by atoms with Gasteiger partial charge in [0.2, 0.25) is 0 Å². The van der Waals surface area contributed by atoms with Crippen LogP contribution in [0.25, 0.3) is 0 Å². The normalized spacial score (nSPS) is 16.4. The molecule has 1 unspecified atom stereocenters. The first-order chi connectivity index (χ1) is 9.02. The first-order valence-electron chi connectivity index (χ1n) is 6.70. The molecule has 0 aromatic heterocycles. The van der Waals surface area contributed by atoms with E-state index in [-0.39, 0.29) is 0 Å². The van der Waals surface area contributed by atoms with Crippen LogP contribution in [0.4, 0.5) is 0 Å². The third kappa shape index (κ3) is 3.45. The highest BCUT2D eigenvalue weighted by atomic mass is 32.1. The fraction of sp³-hybridized carbons (Fsp3) is 0.533. The summed E-state index contributed by atoms with van der Waals surface area (Å²) >= 11 is 5.08. The second kappa shape index (κ2) is 5.88. The molecule has 1 aromatic carbocycles. The van der Waals surface area contributed by atoms with Crippen LogP contribution >= 0.6 is 12.2 Å². The van der Waals surface area contributed by atoms with Gasteiger partial charge in [0.25, 0.3) is 0 Å². The number of methoxy groups -OCH3 is 1. The van der Waals surface area contributed by atoms with Gasteiger partial charge in [-0.05, 0) is 50.4 Å². The van der Waals surface area contributed by atoms with E-state index in [9.17, 15) is 0 Å². The van der Waals surface area contributed by atoms with Crippen molar-refractivity contribution in [3.8, 4) is 5.75 Å². The molecule has 0 saturated heterocycles. The van der Waals surface area contributed by atoms with Gasteiger partial charge in [-0.25, -0.2) is 0 Å². The van der Waals surface area contributed by atoms with Gasteiger partial charge in [0, 0.05) is 12.6 Å². The smallest absolute Gasteiger partial charge is 0.129 e. The van der Waals surface area contributed by atoms with Gasteiger partial charge in [-0.1, -0.05) is 18.3 Å².